The Bertz CT molecular complexity index is 1360. The van der Waals surface area contributed by atoms with Crippen molar-refractivity contribution in [3.8, 4) is 11.3 Å². The lowest BCUT2D eigenvalue weighted by molar-refractivity contribution is 0.0708. The predicted octanol–water partition coefficient (Wildman–Crippen LogP) is 1.66. The van der Waals surface area contributed by atoms with E-state index in [1.165, 1.54) is 10.7 Å². The molecule has 4 aromatic rings. The van der Waals surface area contributed by atoms with Gasteiger partial charge in [0, 0.05) is 42.0 Å². The predicted molar refractivity (Wildman–Crippen MR) is 116 cm³/mol. The quantitative estimate of drug-likeness (QED) is 0.484. The van der Waals surface area contributed by atoms with E-state index in [1.807, 2.05) is 32.0 Å². The van der Waals surface area contributed by atoms with Crippen LogP contribution in [-0.4, -0.2) is 57.7 Å². The number of likely N-dealkylation sites (tertiary alicyclic amines) is 1. The van der Waals surface area contributed by atoms with Gasteiger partial charge in [0.2, 0.25) is 5.82 Å². The Hall–Kier alpha value is -3.95. The molecule has 1 aliphatic heterocycles. The summed E-state index contributed by atoms with van der Waals surface area (Å²) >= 11 is 0. The van der Waals surface area contributed by atoms with Crippen LogP contribution in [0, 0.1) is 13.8 Å². The molecule has 0 aliphatic carbocycles. The van der Waals surface area contributed by atoms with E-state index in [4.69, 9.17) is 0 Å². The molecule has 1 saturated heterocycles. The third-order valence-electron chi connectivity index (χ3n) is 5.67. The summed E-state index contributed by atoms with van der Waals surface area (Å²) in [7, 11) is 0. The van der Waals surface area contributed by atoms with E-state index in [0.717, 1.165) is 29.8 Å². The van der Waals surface area contributed by atoms with E-state index >= 15 is 0 Å². The number of pyridine rings is 1. The fourth-order valence-corrected chi connectivity index (χ4v) is 4.13. The van der Waals surface area contributed by atoms with Gasteiger partial charge in [-0.2, -0.15) is 10.1 Å². The van der Waals surface area contributed by atoms with Crippen LogP contribution in [-0.2, 0) is 6.54 Å². The Morgan fingerprint density at radius 2 is 1.91 bits per heavy atom. The van der Waals surface area contributed by atoms with Gasteiger partial charge in [0.15, 0.2) is 0 Å². The van der Waals surface area contributed by atoms with Crippen molar-refractivity contribution >= 4 is 11.7 Å². The van der Waals surface area contributed by atoms with Crippen molar-refractivity contribution in [1.29, 1.82) is 0 Å². The van der Waals surface area contributed by atoms with E-state index in [9.17, 15) is 9.59 Å². The summed E-state index contributed by atoms with van der Waals surface area (Å²) in [5.41, 5.74) is 3.03. The van der Waals surface area contributed by atoms with E-state index in [2.05, 4.69) is 25.1 Å². The highest BCUT2D eigenvalue weighted by Crippen LogP contribution is 2.21. The van der Waals surface area contributed by atoms with Gasteiger partial charge < -0.3 is 4.90 Å². The van der Waals surface area contributed by atoms with Crippen molar-refractivity contribution in [3.63, 3.8) is 0 Å². The fraction of sp³-hybridized carbons (Fsp3) is 0.318. The summed E-state index contributed by atoms with van der Waals surface area (Å²) in [5, 5.41) is 8.89. The maximum absolute atomic E-state index is 13.2. The third-order valence-corrected chi connectivity index (χ3v) is 5.67. The summed E-state index contributed by atoms with van der Waals surface area (Å²) in [6, 6.07) is 8.61. The monoisotopic (exact) mass is 430 g/mol. The molecule has 0 aromatic carbocycles. The average molecular weight is 430 g/mol. The molecule has 162 valence electrons. The van der Waals surface area contributed by atoms with Crippen molar-refractivity contribution in [3.05, 3.63) is 70.3 Å². The first-order chi connectivity index (χ1) is 15.5. The van der Waals surface area contributed by atoms with E-state index in [-0.39, 0.29) is 23.3 Å². The van der Waals surface area contributed by atoms with Gasteiger partial charge in [-0.05, 0) is 51.0 Å². The molecular formula is C22H22N8O2. The van der Waals surface area contributed by atoms with E-state index < -0.39 is 0 Å². The zero-order valence-electron chi connectivity index (χ0n) is 17.8. The molecular weight excluding hydrogens is 408 g/mol. The molecule has 4 aromatic heterocycles. The van der Waals surface area contributed by atoms with Crippen molar-refractivity contribution in [2.45, 2.75) is 39.3 Å². The highest BCUT2D eigenvalue weighted by Gasteiger charge is 2.32. The zero-order chi connectivity index (χ0) is 22.2. The van der Waals surface area contributed by atoms with Crippen molar-refractivity contribution in [1.82, 2.24) is 39.2 Å². The lowest BCUT2D eigenvalue weighted by Gasteiger charge is -2.23. The zero-order valence-corrected chi connectivity index (χ0v) is 17.8. The first kappa shape index (κ1) is 20.0. The standard InChI is InChI=1S/C22H22N8O2/c1-14-12-15(2)30-22(24-14)25-20(27-30)21(32)28-11-3-4-17(28)13-29-19(31)6-5-18(26-29)16-7-9-23-10-8-16/h5-10,12,17H,3-4,11,13H2,1-2H3. The number of fused-ring (bicyclic) bond motifs is 1. The van der Waals surface area contributed by atoms with Gasteiger partial charge in [0.25, 0.3) is 17.2 Å². The number of carbonyl (C=O) groups excluding carboxylic acids is 1. The Labute approximate surface area is 183 Å². The first-order valence-corrected chi connectivity index (χ1v) is 10.5. The summed E-state index contributed by atoms with van der Waals surface area (Å²) < 4.78 is 3.01. The third kappa shape index (κ3) is 3.64. The molecule has 1 unspecified atom stereocenters. The molecule has 1 amide bonds. The van der Waals surface area contributed by atoms with Crippen LogP contribution in [0.15, 0.2) is 47.5 Å². The van der Waals surface area contributed by atoms with Crippen LogP contribution in [0.1, 0.15) is 34.8 Å². The van der Waals surface area contributed by atoms with Crippen molar-refractivity contribution in [2.24, 2.45) is 0 Å². The molecule has 0 N–H and O–H groups in total. The Morgan fingerprint density at radius 3 is 2.72 bits per heavy atom. The van der Waals surface area contributed by atoms with Gasteiger partial charge in [0.05, 0.1) is 18.3 Å². The van der Waals surface area contributed by atoms with Gasteiger partial charge in [-0.3, -0.25) is 14.6 Å². The van der Waals surface area contributed by atoms with Gasteiger partial charge in [-0.1, -0.05) is 0 Å². The molecule has 1 aliphatic rings. The van der Waals surface area contributed by atoms with Gasteiger partial charge in [-0.15, -0.1) is 5.10 Å². The molecule has 10 nitrogen and oxygen atoms in total. The van der Waals surface area contributed by atoms with Crippen molar-refractivity contribution in [2.75, 3.05) is 6.54 Å². The smallest absolute Gasteiger partial charge is 0.293 e. The maximum atomic E-state index is 13.2. The summed E-state index contributed by atoms with van der Waals surface area (Å²) in [5.74, 6) is 0.266. The molecule has 0 radical (unpaired) electrons. The Kier molecular flexibility index (Phi) is 4.96. The molecule has 0 saturated carbocycles. The molecule has 1 fully saturated rings. The summed E-state index contributed by atoms with van der Waals surface area (Å²) in [6.45, 7) is 4.68. The Balaban J connectivity index is 1.41. The molecule has 5 heterocycles. The summed E-state index contributed by atoms with van der Waals surface area (Å²) in [6.07, 6.45) is 5.00. The number of hydrogen-bond donors (Lipinski definition) is 0. The molecule has 5 rings (SSSR count). The van der Waals surface area contributed by atoms with Crippen molar-refractivity contribution < 1.29 is 4.79 Å². The fourth-order valence-electron chi connectivity index (χ4n) is 4.13. The minimum atomic E-state index is -0.256. The highest BCUT2D eigenvalue weighted by atomic mass is 16.2. The second-order valence-electron chi connectivity index (χ2n) is 7.96. The maximum Gasteiger partial charge on any atom is 0.293 e. The number of aryl methyl sites for hydroxylation is 2. The largest absolute Gasteiger partial charge is 0.331 e. The SMILES string of the molecule is Cc1cc(C)n2nc(C(=O)N3CCCC3Cn3nc(-c4ccncc4)ccc3=O)nc2n1. The van der Waals surface area contributed by atoms with E-state index in [1.54, 1.807) is 27.9 Å². The van der Waals surface area contributed by atoms with Gasteiger partial charge in [0.1, 0.15) is 0 Å². The molecule has 10 heteroatoms. The van der Waals surface area contributed by atoms with Gasteiger partial charge >= 0.3 is 0 Å². The minimum absolute atomic E-state index is 0.115. The normalized spacial score (nSPS) is 16.1. The topological polar surface area (TPSA) is 111 Å². The lowest BCUT2D eigenvalue weighted by Crippen LogP contribution is -2.41. The van der Waals surface area contributed by atoms with Crippen LogP contribution in [0.2, 0.25) is 0 Å². The second kappa shape index (κ2) is 7.95. The molecule has 0 spiro atoms. The summed E-state index contributed by atoms with van der Waals surface area (Å²) in [4.78, 5) is 40.2. The van der Waals surface area contributed by atoms with Crippen LogP contribution in [0.4, 0.5) is 0 Å². The average Bonchev–Trinajstić information content (AvgIpc) is 3.42. The molecule has 1 atom stereocenters. The van der Waals surface area contributed by atoms with E-state index in [0.29, 0.717) is 24.6 Å². The number of nitrogens with zero attached hydrogens (tertiary/aromatic N) is 8. The minimum Gasteiger partial charge on any atom is -0.331 e. The molecule has 32 heavy (non-hydrogen) atoms. The van der Waals surface area contributed by atoms with Crippen LogP contribution in [0.3, 0.4) is 0 Å². The van der Waals surface area contributed by atoms with Crippen LogP contribution in [0.25, 0.3) is 17.0 Å². The van der Waals surface area contributed by atoms with Crippen LogP contribution < -0.4 is 5.56 Å². The van der Waals surface area contributed by atoms with Gasteiger partial charge in [-0.25, -0.2) is 14.2 Å². The highest BCUT2D eigenvalue weighted by molar-refractivity contribution is 5.91. The number of aromatic nitrogens is 7. The lowest BCUT2D eigenvalue weighted by atomic mass is 10.2. The number of carbonyl (C=O) groups is 1. The first-order valence-electron chi connectivity index (χ1n) is 10.5. The molecule has 0 bridgehead atoms. The number of amides is 1. The Morgan fingerprint density at radius 1 is 1.09 bits per heavy atom. The van der Waals surface area contributed by atoms with Crippen LogP contribution >= 0.6 is 0 Å². The second-order valence-corrected chi connectivity index (χ2v) is 7.96. The number of rotatable bonds is 4. The number of hydrogen-bond acceptors (Lipinski definition) is 7. The van der Waals surface area contributed by atoms with Crippen LogP contribution in [0.5, 0.6) is 0 Å².